The maximum absolute atomic E-state index is 13.3. The van der Waals surface area contributed by atoms with Gasteiger partial charge in [0.2, 0.25) is 23.6 Å². The van der Waals surface area contributed by atoms with Crippen LogP contribution in [0.2, 0.25) is 0 Å². The molecule has 214 valence electrons. The third kappa shape index (κ3) is 13.6. The normalized spacial score (nSPS) is 14.2. The van der Waals surface area contributed by atoms with Crippen molar-refractivity contribution in [2.75, 3.05) is 24.3 Å². The number of rotatable bonds is 18. The lowest BCUT2D eigenvalue weighted by Crippen LogP contribution is -2.58. The molecule has 1 aromatic carbocycles. The van der Waals surface area contributed by atoms with Gasteiger partial charge in [0.05, 0.1) is 0 Å². The molecule has 0 bridgehead atoms. The van der Waals surface area contributed by atoms with E-state index in [2.05, 4.69) is 33.4 Å². The van der Waals surface area contributed by atoms with Crippen molar-refractivity contribution in [2.24, 2.45) is 11.8 Å². The summed E-state index contributed by atoms with van der Waals surface area (Å²) >= 11 is 3.29. The second kappa shape index (κ2) is 19.0. The third-order valence-corrected chi connectivity index (χ3v) is 7.74. The van der Waals surface area contributed by atoms with Crippen molar-refractivity contribution >= 4 is 47.2 Å². The van der Waals surface area contributed by atoms with Crippen LogP contribution < -0.4 is 21.3 Å². The molecule has 0 spiro atoms. The molecule has 0 unspecified atom stereocenters. The van der Waals surface area contributed by atoms with Crippen molar-refractivity contribution < 1.29 is 19.2 Å². The summed E-state index contributed by atoms with van der Waals surface area (Å²) in [5.74, 6) is 1.10. The molecule has 4 N–H and O–H groups in total. The van der Waals surface area contributed by atoms with Crippen molar-refractivity contribution in [3.8, 4) is 0 Å². The van der Waals surface area contributed by atoms with E-state index in [4.69, 9.17) is 0 Å². The van der Waals surface area contributed by atoms with Gasteiger partial charge in [0, 0.05) is 30.2 Å². The van der Waals surface area contributed by atoms with Gasteiger partial charge in [-0.2, -0.15) is 23.5 Å². The molecule has 4 atom stereocenters. The first-order chi connectivity index (χ1) is 18.1. The molecule has 0 heterocycles. The maximum Gasteiger partial charge on any atom is 0.243 e. The van der Waals surface area contributed by atoms with Crippen molar-refractivity contribution in [1.29, 1.82) is 0 Å². The summed E-state index contributed by atoms with van der Waals surface area (Å²) in [5.41, 5.74) is 1.24. The molecule has 0 aromatic heterocycles. The van der Waals surface area contributed by atoms with Crippen LogP contribution in [-0.4, -0.2) is 66.1 Å². The fraction of sp³-hybridized carbons (Fsp3) is 0.643. The summed E-state index contributed by atoms with van der Waals surface area (Å²) in [5, 5.41) is 11.3. The molecule has 0 aliphatic heterocycles. The predicted octanol–water partition coefficient (Wildman–Crippen LogP) is 3.36. The van der Waals surface area contributed by atoms with Gasteiger partial charge in [0.1, 0.15) is 18.1 Å². The number of nitrogens with one attached hydrogen (secondary N) is 4. The van der Waals surface area contributed by atoms with E-state index in [1.807, 2.05) is 52.1 Å². The molecule has 0 fully saturated rings. The highest BCUT2D eigenvalue weighted by Gasteiger charge is 2.31. The van der Waals surface area contributed by atoms with E-state index in [1.54, 1.807) is 30.4 Å². The van der Waals surface area contributed by atoms with E-state index >= 15 is 0 Å². The second-order valence-corrected chi connectivity index (χ2v) is 12.0. The van der Waals surface area contributed by atoms with Crippen molar-refractivity contribution in [2.45, 2.75) is 77.8 Å². The summed E-state index contributed by atoms with van der Waals surface area (Å²) < 4.78 is 0. The molecule has 4 amide bonds. The van der Waals surface area contributed by atoms with Gasteiger partial charge in [-0.25, -0.2) is 0 Å². The minimum atomic E-state index is -0.811. The highest BCUT2D eigenvalue weighted by Crippen LogP contribution is 2.13. The Kier molecular flexibility index (Phi) is 16.9. The van der Waals surface area contributed by atoms with Crippen LogP contribution in [0.15, 0.2) is 30.3 Å². The highest BCUT2D eigenvalue weighted by atomic mass is 32.2. The number of amides is 4. The molecule has 10 heteroatoms. The number of carbonyl (C=O) groups is 4. The first-order valence-electron chi connectivity index (χ1n) is 13.4. The summed E-state index contributed by atoms with van der Waals surface area (Å²) in [6, 6.07) is 7.87. The monoisotopic (exact) mass is 566 g/mol. The Morgan fingerprint density at radius 2 is 1.55 bits per heavy atom. The Morgan fingerprint density at radius 3 is 2.16 bits per heavy atom. The fourth-order valence-corrected chi connectivity index (χ4v) is 4.86. The van der Waals surface area contributed by atoms with Crippen LogP contribution in [0.4, 0.5) is 0 Å². The van der Waals surface area contributed by atoms with E-state index in [1.165, 1.54) is 5.56 Å². The highest BCUT2D eigenvalue weighted by molar-refractivity contribution is 7.98. The molecule has 1 rings (SSSR count). The Labute approximate surface area is 237 Å². The number of hydrogen-bond acceptors (Lipinski definition) is 6. The van der Waals surface area contributed by atoms with Gasteiger partial charge >= 0.3 is 0 Å². The summed E-state index contributed by atoms with van der Waals surface area (Å²) in [6.45, 7) is 9.93. The quantitative estimate of drug-likeness (QED) is 0.203. The minimum Gasteiger partial charge on any atom is -0.353 e. The molecule has 38 heavy (non-hydrogen) atoms. The first kappa shape index (κ1) is 33.8. The molecule has 1 aromatic rings. The van der Waals surface area contributed by atoms with Gasteiger partial charge in [-0.3, -0.25) is 19.2 Å². The van der Waals surface area contributed by atoms with Gasteiger partial charge in [-0.1, -0.05) is 64.4 Å². The predicted molar refractivity (Wildman–Crippen MR) is 159 cm³/mol. The Hall–Kier alpha value is -2.20. The van der Waals surface area contributed by atoms with E-state index in [-0.39, 0.29) is 23.7 Å². The maximum atomic E-state index is 13.3. The molecule has 8 nitrogen and oxygen atoms in total. The van der Waals surface area contributed by atoms with Gasteiger partial charge < -0.3 is 21.3 Å². The van der Waals surface area contributed by atoms with Crippen molar-refractivity contribution in [3.63, 3.8) is 0 Å². The van der Waals surface area contributed by atoms with Crippen LogP contribution in [0.5, 0.6) is 0 Å². The first-order valence-corrected chi connectivity index (χ1v) is 15.9. The number of carbonyl (C=O) groups excluding carboxylic acids is 4. The van der Waals surface area contributed by atoms with Crippen LogP contribution in [0.25, 0.3) is 0 Å². The zero-order valence-electron chi connectivity index (χ0n) is 23.7. The van der Waals surface area contributed by atoms with Crippen LogP contribution in [0.1, 0.15) is 59.4 Å². The van der Waals surface area contributed by atoms with E-state index in [0.717, 1.165) is 11.5 Å². The number of thioether (sulfide) groups is 2. The standard InChI is InChI=1S/C28H46N4O4S2/c1-7-20(4)25(28(36)29-14-16-38-18-22-11-9-8-10-12-22)32-27(35)23(17-19(2)3)31-26(34)21(5)30-24(33)13-15-37-6/h8-12,19-21,23,25H,7,13-18H2,1-6H3,(H,29,36)(H,30,33)(H,31,34)(H,32,35)/t20-,21-,23-,25-/m0/s1. The fourth-order valence-electron chi connectivity index (χ4n) is 3.65. The van der Waals surface area contributed by atoms with E-state index in [0.29, 0.717) is 31.6 Å². The third-order valence-electron chi connectivity index (χ3n) is 6.09. The lowest BCUT2D eigenvalue weighted by atomic mass is 9.96. The second-order valence-electron chi connectivity index (χ2n) is 9.92. The van der Waals surface area contributed by atoms with Crippen molar-refractivity contribution in [3.05, 3.63) is 35.9 Å². The Balaban J connectivity index is 2.71. The summed E-state index contributed by atoms with van der Waals surface area (Å²) in [6.07, 6.45) is 3.36. The van der Waals surface area contributed by atoms with E-state index in [9.17, 15) is 19.2 Å². The zero-order chi connectivity index (χ0) is 28.5. The summed E-state index contributed by atoms with van der Waals surface area (Å²) in [4.78, 5) is 51.1. The van der Waals surface area contributed by atoms with Crippen LogP contribution >= 0.6 is 23.5 Å². The number of benzene rings is 1. The molecular weight excluding hydrogens is 520 g/mol. The average Bonchev–Trinajstić information content (AvgIpc) is 2.89. The van der Waals surface area contributed by atoms with Crippen LogP contribution in [0.3, 0.4) is 0 Å². The molecule has 0 aliphatic carbocycles. The van der Waals surface area contributed by atoms with Gasteiger partial charge in [-0.15, -0.1) is 0 Å². The Bertz CT molecular complexity index is 870. The molecule has 0 saturated heterocycles. The average molecular weight is 567 g/mol. The Morgan fingerprint density at radius 1 is 0.868 bits per heavy atom. The van der Waals surface area contributed by atoms with Crippen molar-refractivity contribution in [1.82, 2.24) is 21.3 Å². The summed E-state index contributed by atoms with van der Waals surface area (Å²) in [7, 11) is 0. The lowest BCUT2D eigenvalue weighted by molar-refractivity contribution is -0.134. The lowest BCUT2D eigenvalue weighted by Gasteiger charge is -2.28. The topological polar surface area (TPSA) is 116 Å². The largest absolute Gasteiger partial charge is 0.353 e. The molecule has 0 radical (unpaired) electrons. The van der Waals surface area contributed by atoms with Gasteiger partial charge in [0.25, 0.3) is 0 Å². The smallest absolute Gasteiger partial charge is 0.243 e. The molecule has 0 saturated carbocycles. The zero-order valence-corrected chi connectivity index (χ0v) is 25.3. The van der Waals surface area contributed by atoms with Crippen LogP contribution in [0, 0.1) is 11.8 Å². The van der Waals surface area contributed by atoms with Crippen LogP contribution in [-0.2, 0) is 24.9 Å². The molecular formula is C28H46N4O4S2. The minimum absolute atomic E-state index is 0.0824. The van der Waals surface area contributed by atoms with Gasteiger partial charge in [-0.05, 0) is 37.0 Å². The number of hydrogen-bond donors (Lipinski definition) is 4. The van der Waals surface area contributed by atoms with Gasteiger partial charge in [0.15, 0.2) is 0 Å². The SMILES string of the molecule is CC[C@H](C)[C@H](NC(=O)[C@H](CC(C)C)NC(=O)[C@H](C)NC(=O)CCSC)C(=O)NCCSCc1ccccc1. The molecule has 0 aliphatic rings. The van der Waals surface area contributed by atoms with E-state index < -0.39 is 29.9 Å².